The van der Waals surface area contributed by atoms with Crippen LogP contribution in [0.15, 0.2) is 53.9 Å². The van der Waals surface area contributed by atoms with Gasteiger partial charge in [0.05, 0.1) is 27.4 Å². The molecule has 0 bridgehead atoms. The van der Waals surface area contributed by atoms with Crippen LogP contribution >= 0.6 is 11.3 Å². The molecule has 1 amide bonds. The molecule has 0 fully saturated rings. The van der Waals surface area contributed by atoms with Gasteiger partial charge in [-0.25, -0.2) is 0 Å². The number of carbonyl (C=O) groups is 1. The number of hydrogen-bond donors (Lipinski definition) is 1. The van der Waals surface area contributed by atoms with Crippen LogP contribution in [0.2, 0.25) is 0 Å². The molecule has 0 spiro atoms. The van der Waals surface area contributed by atoms with E-state index in [0.717, 1.165) is 19.5 Å². The van der Waals surface area contributed by atoms with Crippen molar-refractivity contribution in [2.24, 2.45) is 0 Å². The maximum absolute atomic E-state index is 13.1. The minimum absolute atomic E-state index is 0.106. The van der Waals surface area contributed by atoms with Gasteiger partial charge in [-0.15, -0.1) is 11.3 Å². The van der Waals surface area contributed by atoms with Gasteiger partial charge >= 0.3 is 0 Å². The molecule has 2 aromatic carbocycles. The molecule has 0 radical (unpaired) electrons. The summed E-state index contributed by atoms with van der Waals surface area (Å²) < 4.78 is 16.1. The first-order chi connectivity index (χ1) is 15.6. The van der Waals surface area contributed by atoms with Gasteiger partial charge in [-0.1, -0.05) is 30.3 Å². The second-order valence-corrected chi connectivity index (χ2v) is 8.62. The Morgan fingerprint density at radius 2 is 1.75 bits per heavy atom. The molecular formula is C25H28N2O4S. The Balaban J connectivity index is 1.53. The monoisotopic (exact) mass is 452 g/mol. The van der Waals surface area contributed by atoms with Gasteiger partial charge in [0.2, 0.25) is 5.75 Å². The maximum atomic E-state index is 13.1. The number of hydrogen-bond acceptors (Lipinski definition) is 6. The predicted molar refractivity (Wildman–Crippen MR) is 126 cm³/mol. The molecule has 1 aliphatic rings. The molecule has 2 heterocycles. The molecule has 1 aromatic heterocycles. The summed E-state index contributed by atoms with van der Waals surface area (Å²) in [7, 11) is 4.63. The van der Waals surface area contributed by atoms with Crippen LogP contribution in [0.5, 0.6) is 17.2 Å². The minimum Gasteiger partial charge on any atom is -0.493 e. The largest absolute Gasteiger partial charge is 0.493 e. The van der Waals surface area contributed by atoms with Gasteiger partial charge < -0.3 is 19.5 Å². The quantitative estimate of drug-likeness (QED) is 0.552. The Morgan fingerprint density at radius 3 is 2.38 bits per heavy atom. The average molecular weight is 453 g/mol. The highest BCUT2D eigenvalue weighted by molar-refractivity contribution is 7.10. The number of ether oxygens (including phenoxy) is 3. The van der Waals surface area contributed by atoms with Crippen LogP contribution in [0.25, 0.3) is 0 Å². The van der Waals surface area contributed by atoms with Crippen molar-refractivity contribution in [2.45, 2.75) is 19.0 Å². The molecule has 4 rings (SSSR count). The van der Waals surface area contributed by atoms with E-state index < -0.39 is 0 Å². The zero-order valence-corrected chi connectivity index (χ0v) is 19.4. The molecule has 0 unspecified atom stereocenters. The van der Waals surface area contributed by atoms with Crippen molar-refractivity contribution in [3.8, 4) is 17.2 Å². The second-order valence-electron chi connectivity index (χ2n) is 7.64. The number of nitrogens with one attached hydrogen (secondary N) is 1. The van der Waals surface area contributed by atoms with Crippen LogP contribution in [0.4, 0.5) is 0 Å². The normalized spacial score (nSPS) is 14.3. The summed E-state index contributed by atoms with van der Waals surface area (Å²) in [6.07, 6.45) is 1.01. The average Bonchev–Trinajstić information content (AvgIpc) is 3.37. The van der Waals surface area contributed by atoms with E-state index in [1.54, 1.807) is 44.8 Å². The molecule has 1 aliphatic heterocycles. The van der Waals surface area contributed by atoms with E-state index in [2.05, 4.69) is 52.0 Å². The van der Waals surface area contributed by atoms with Gasteiger partial charge in [0, 0.05) is 30.1 Å². The fourth-order valence-electron chi connectivity index (χ4n) is 4.18. The van der Waals surface area contributed by atoms with Crippen LogP contribution in [0.1, 0.15) is 32.4 Å². The van der Waals surface area contributed by atoms with Gasteiger partial charge in [-0.2, -0.15) is 0 Å². The summed E-state index contributed by atoms with van der Waals surface area (Å²) >= 11 is 1.72. The summed E-state index contributed by atoms with van der Waals surface area (Å²) in [5.74, 6) is 1.21. The van der Waals surface area contributed by atoms with Gasteiger partial charge in [0.1, 0.15) is 0 Å². The highest BCUT2D eigenvalue weighted by Gasteiger charge is 2.26. The predicted octanol–water partition coefficient (Wildman–Crippen LogP) is 4.30. The zero-order chi connectivity index (χ0) is 22.5. The number of carbonyl (C=O) groups excluding carboxylic acids is 1. The molecule has 1 atom stereocenters. The Hall–Kier alpha value is -3.03. The van der Waals surface area contributed by atoms with Crippen LogP contribution < -0.4 is 19.5 Å². The van der Waals surface area contributed by atoms with E-state index in [4.69, 9.17) is 14.2 Å². The number of thiophene rings is 1. The maximum Gasteiger partial charge on any atom is 0.251 e. The number of benzene rings is 2. The van der Waals surface area contributed by atoms with Crippen molar-refractivity contribution < 1.29 is 19.0 Å². The van der Waals surface area contributed by atoms with Crippen LogP contribution in [0.3, 0.4) is 0 Å². The topological polar surface area (TPSA) is 60.0 Å². The van der Waals surface area contributed by atoms with Crippen LogP contribution in [-0.2, 0) is 13.0 Å². The third-order valence-corrected chi connectivity index (χ3v) is 6.83. The van der Waals surface area contributed by atoms with Crippen molar-refractivity contribution in [1.82, 2.24) is 10.2 Å². The van der Waals surface area contributed by atoms with Gasteiger partial charge in [0.15, 0.2) is 11.5 Å². The van der Waals surface area contributed by atoms with Crippen molar-refractivity contribution in [3.05, 3.63) is 75.5 Å². The minimum atomic E-state index is -0.178. The van der Waals surface area contributed by atoms with E-state index in [1.165, 1.54) is 16.0 Å². The fraction of sp³-hybridized carbons (Fsp3) is 0.320. The van der Waals surface area contributed by atoms with Crippen LogP contribution in [-0.4, -0.2) is 45.2 Å². The first kappa shape index (κ1) is 22.2. The molecule has 1 N–H and O–H groups in total. The molecule has 0 saturated carbocycles. The van der Waals surface area contributed by atoms with Crippen molar-refractivity contribution >= 4 is 17.2 Å². The van der Waals surface area contributed by atoms with Crippen molar-refractivity contribution in [1.29, 1.82) is 0 Å². The second kappa shape index (κ2) is 10.1. The molecule has 0 saturated heterocycles. The Labute approximate surface area is 192 Å². The third-order valence-electron chi connectivity index (χ3n) is 5.86. The molecule has 6 nitrogen and oxygen atoms in total. The van der Waals surface area contributed by atoms with Crippen LogP contribution in [0, 0.1) is 0 Å². The molecule has 0 aliphatic carbocycles. The fourth-order valence-corrected chi connectivity index (χ4v) is 5.04. The SMILES string of the molecule is COc1cc(C(=O)NC[C@@H](c2cccs2)N2CCc3ccccc3C2)cc(OC)c1OC. The Kier molecular flexibility index (Phi) is 6.97. The van der Waals surface area contributed by atoms with E-state index in [0.29, 0.717) is 29.4 Å². The Bertz CT molecular complexity index is 1040. The highest BCUT2D eigenvalue weighted by atomic mass is 32.1. The molecule has 3 aromatic rings. The van der Waals surface area contributed by atoms with Gasteiger partial charge in [0.25, 0.3) is 5.91 Å². The first-order valence-electron chi connectivity index (χ1n) is 10.6. The number of nitrogens with zero attached hydrogens (tertiary/aromatic N) is 1. The Morgan fingerprint density at radius 1 is 1.03 bits per heavy atom. The molecule has 7 heteroatoms. The first-order valence-corrected chi connectivity index (χ1v) is 11.4. The molecular weight excluding hydrogens is 424 g/mol. The summed E-state index contributed by atoms with van der Waals surface area (Å²) in [5.41, 5.74) is 3.24. The lowest BCUT2D eigenvalue weighted by atomic mass is 9.98. The van der Waals surface area contributed by atoms with Crippen molar-refractivity contribution in [3.63, 3.8) is 0 Å². The lowest BCUT2D eigenvalue weighted by Crippen LogP contribution is -2.40. The number of rotatable bonds is 8. The lowest BCUT2D eigenvalue weighted by Gasteiger charge is -2.35. The standard InChI is InChI=1S/C25H28N2O4S/c1-29-21-13-19(14-22(30-2)24(21)31-3)25(28)26-15-20(23-9-6-12-32-23)27-11-10-17-7-4-5-8-18(17)16-27/h4-9,12-14,20H,10-11,15-16H2,1-3H3,(H,26,28)/t20-/m0/s1. The van der Waals surface area contributed by atoms with Gasteiger partial charge in [-0.05, 0) is 41.1 Å². The van der Waals surface area contributed by atoms with Gasteiger partial charge in [-0.3, -0.25) is 9.69 Å². The highest BCUT2D eigenvalue weighted by Crippen LogP contribution is 2.38. The molecule has 32 heavy (non-hydrogen) atoms. The summed E-state index contributed by atoms with van der Waals surface area (Å²) in [6.45, 7) is 2.34. The van der Waals surface area contributed by atoms with E-state index in [-0.39, 0.29) is 11.9 Å². The van der Waals surface area contributed by atoms with E-state index >= 15 is 0 Å². The summed E-state index contributed by atoms with van der Waals surface area (Å²) in [5, 5.41) is 5.21. The summed E-state index contributed by atoms with van der Waals surface area (Å²) in [6, 6.07) is 16.3. The smallest absolute Gasteiger partial charge is 0.251 e. The van der Waals surface area contributed by atoms with E-state index in [9.17, 15) is 4.79 Å². The zero-order valence-electron chi connectivity index (χ0n) is 18.6. The molecule has 168 valence electrons. The third kappa shape index (κ3) is 4.59. The van der Waals surface area contributed by atoms with E-state index in [1.807, 2.05) is 0 Å². The van der Waals surface area contributed by atoms with Crippen molar-refractivity contribution in [2.75, 3.05) is 34.4 Å². The lowest BCUT2D eigenvalue weighted by molar-refractivity contribution is 0.0928. The summed E-state index contributed by atoms with van der Waals surface area (Å²) in [4.78, 5) is 16.8. The number of fused-ring (bicyclic) bond motifs is 1. The number of amides is 1. The number of methoxy groups -OCH3 is 3.